The van der Waals surface area contributed by atoms with E-state index in [1.54, 1.807) is 12.1 Å². The summed E-state index contributed by atoms with van der Waals surface area (Å²) in [5.41, 5.74) is 2.05. The summed E-state index contributed by atoms with van der Waals surface area (Å²) >= 11 is 7.66. The van der Waals surface area contributed by atoms with Crippen LogP contribution >= 0.6 is 23.7 Å². The van der Waals surface area contributed by atoms with Crippen LogP contribution in [-0.4, -0.2) is 35.1 Å². The summed E-state index contributed by atoms with van der Waals surface area (Å²) in [6, 6.07) is 5.75. The Morgan fingerprint density at radius 1 is 1.25 bits per heavy atom. The summed E-state index contributed by atoms with van der Waals surface area (Å²) in [6.07, 6.45) is 4.18. The Morgan fingerprint density at radius 2 is 1.90 bits per heavy atom. The Labute approximate surface area is 132 Å². The van der Waals surface area contributed by atoms with Gasteiger partial charge in [0.1, 0.15) is 6.34 Å². The molecule has 112 valence electrons. The third-order valence-electron chi connectivity index (χ3n) is 2.71. The first-order chi connectivity index (χ1) is 9.56. The van der Waals surface area contributed by atoms with Crippen molar-refractivity contribution >= 4 is 35.8 Å². The van der Waals surface area contributed by atoms with Gasteiger partial charge in [-0.15, -0.1) is 0 Å². The van der Waals surface area contributed by atoms with E-state index >= 15 is 0 Å². The van der Waals surface area contributed by atoms with Crippen molar-refractivity contribution in [3.05, 3.63) is 28.8 Å². The van der Waals surface area contributed by atoms with Crippen LogP contribution in [0.15, 0.2) is 23.2 Å². The molecule has 1 aromatic rings. The van der Waals surface area contributed by atoms with Crippen LogP contribution in [-0.2, 0) is 0 Å². The van der Waals surface area contributed by atoms with Gasteiger partial charge in [-0.3, -0.25) is 4.31 Å². The standard InChI is InChI=1S/C15H24ClN3S/c1-5-9-19(10-6-2)20-18(4)12-17-15-8-7-14(16)11-13(15)3/h7-8,11-12H,5-6,9-10H2,1-4H3/b17-12+. The molecular formula is C15H24ClN3S. The number of hydrogen-bond donors (Lipinski definition) is 0. The van der Waals surface area contributed by atoms with Crippen LogP contribution in [0.5, 0.6) is 0 Å². The van der Waals surface area contributed by atoms with Gasteiger partial charge in [0, 0.05) is 37.3 Å². The first-order valence-corrected chi connectivity index (χ1v) is 8.13. The van der Waals surface area contributed by atoms with E-state index in [2.05, 4.69) is 23.1 Å². The Bertz CT molecular complexity index is 431. The van der Waals surface area contributed by atoms with Crippen LogP contribution < -0.4 is 0 Å². The molecule has 5 heteroatoms. The molecule has 0 aliphatic carbocycles. The average molecular weight is 314 g/mol. The summed E-state index contributed by atoms with van der Waals surface area (Å²) in [5, 5.41) is 0.751. The second kappa shape index (κ2) is 9.27. The molecule has 0 saturated carbocycles. The Balaban J connectivity index is 2.59. The molecule has 0 N–H and O–H groups in total. The molecule has 0 fully saturated rings. The van der Waals surface area contributed by atoms with E-state index in [4.69, 9.17) is 11.6 Å². The molecule has 0 saturated heterocycles. The number of nitrogens with zero attached hydrogens (tertiary/aromatic N) is 3. The van der Waals surface area contributed by atoms with Crippen molar-refractivity contribution in [3.63, 3.8) is 0 Å². The number of hydrogen-bond acceptors (Lipinski definition) is 3. The smallest absolute Gasteiger partial charge is 0.102 e. The molecule has 0 spiro atoms. The van der Waals surface area contributed by atoms with E-state index in [1.165, 1.54) is 0 Å². The molecule has 0 bridgehead atoms. The average Bonchev–Trinajstić information content (AvgIpc) is 2.38. The normalized spacial score (nSPS) is 11.5. The van der Waals surface area contributed by atoms with Crippen LogP contribution in [0.25, 0.3) is 0 Å². The highest BCUT2D eigenvalue weighted by Gasteiger charge is 2.05. The van der Waals surface area contributed by atoms with Crippen molar-refractivity contribution in [2.24, 2.45) is 4.99 Å². The van der Waals surface area contributed by atoms with Crippen molar-refractivity contribution in [2.75, 3.05) is 20.1 Å². The lowest BCUT2D eigenvalue weighted by molar-refractivity contribution is 0.457. The van der Waals surface area contributed by atoms with Gasteiger partial charge in [0.2, 0.25) is 0 Å². The van der Waals surface area contributed by atoms with E-state index in [0.717, 1.165) is 42.2 Å². The summed E-state index contributed by atoms with van der Waals surface area (Å²) in [4.78, 5) is 4.51. The second-order valence-electron chi connectivity index (χ2n) is 4.73. The summed E-state index contributed by atoms with van der Waals surface area (Å²) in [6.45, 7) is 8.61. The number of rotatable bonds is 8. The summed E-state index contributed by atoms with van der Waals surface area (Å²) in [7, 11) is 2.03. The van der Waals surface area contributed by atoms with Gasteiger partial charge >= 0.3 is 0 Å². The molecule has 20 heavy (non-hydrogen) atoms. The van der Waals surface area contributed by atoms with Crippen LogP contribution in [0.2, 0.25) is 5.02 Å². The van der Waals surface area contributed by atoms with Gasteiger partial charge in [-0.05, 0) is 43.5 Å². The fraction of sp³-hybridized carbons (Fsp3) is 0.533. The second-order valence-corrected chi connectivity index (χ2v) is 6.42. The number of benzene rings is 1. The van der Waals surface area contributed by atoms with E-state index in [9.17, 15) is 0 Å². The van der Waals surface area contributed by atoms with Gasteiger partial charge in [0.15, 0.2) is 0 Å². The van der Waals surface area contributed by atoms with Crippen molar-refractivity contribution in [2.45, 2.75) is 33.6 Å². The van der Waals surface area contributed by atoms with Gasteiger partial charge in [0.25, 0.3) is 0 Å². The van der Waals surface area contributed by atoms with E-state index in [1.807, 2.05) is 42.8 Å². The predicted molar refractivity (Wildman–Crippen MR) is 91.9 cm³/mol. The SMILES string of the molecule is CCCN(CCC)SN(C)/C=N/c1ccc(Cl)cc1C. The molecule has 1 rings (SSSR count). The molecule has 0 aromatic heterocycles. The highest BCUT2D eigenvalue weighted by atomic mass is 35.5. The minimum atomic E-state index is 0.751. The molecule has 0 radical (unpaired) electrons. The zero-order valence-electron chi connectivity index (χ0n) is 12.8. The first kappa shape index (κ1) is 17.3. The molecule has 0 heterocycles. The fourth-order valence-corrected chi connectivity index (χ4v) is 3.01. The lowest BCUT2D eigenvalue weighted by Gasteiger charge is -2.23. The molecule has 3 nitrogen and oxygen atoms in total. The van der Waals surface area contributed by atoms with Crippen LogP contribution in [0, 0.1) is 6.92 Å². The topological polar surface area (TPSA) is 18.8 Å². The van der Waals surface area contributed by atoms with Crippen LogP contribution in [0.4, 0.5) is 5.69 Å². The number of aliphatic imine (C=N–C) groups is 1. The zero-order valence-corrected chi connectivity index (χ0v) is 14.3. The Kier molecular flexibility index (Phi) is 8.04. The summed E-state index contributed by atoms with van der Waals surface area (Å²) in [5.74, 6) is 0. The zero-order chi connectivity index (χ0) is 15.0. The van der Waals surface area contributed by atoms with E-state index in [0.29, 0.717) is 0 Å². The Hall–Kier alpha value is -0.710. The highest BCUT2D eigenvalue weighted by Crippen LogP contribution is 2.22. The molecule has 0 unspecified atom stereocenters. The van der Waals surface area contributed by atoms with Gasteiger partial charge in [-0.2, -0.15) is 0 Å². The maximum Gasteiger partial charge on any atom is 0.102 e. The predicted octanol–water partition coefficient (Wildman–Crippen LogP) is 4.93. The fourth-order valence-electron chi connectivity index (χ4n) is 1.80. The molecule has 0 atom stereocenters. The molecule has 1 aromatic carbocycles. The monoisotopic (exact) mass is 313 g/mol. The van der Waals surface area contributed by atoms with E-state index in [-0.39, 0.29) is 0 Å². The van der Waals surface area contributed by atoms with Gasteiger partial charge < -0.3 is 0 Å². The Morgan fingerprint density at radius 3 is 2.45 bits per heavy atom. The maximum absolute atomic E-state index is 5.94. The van der Waals surface area contributed by atoms with Gasteiger partial charge in [-0.1, -0.05) is 25.4 Å². The van der Waals surface area contributed by atoms with Crippen molar-refractivity contribution < 1.29 is 0 Å². The highest BCUT2D eigenvalue weighted by molar-refractivity contribution is 7.95. The molecule has 0 aliphatic heterocycles. The minimum absolute atomic E-state index is 0.751. The number of halogens is 1. The lowest BCUT2D eigenvalue weighted by Crippen LogP contribution is -2.23. The quantitative estimate of drug-likeness (QED) is 0.385. The molecule has 0 amide bonds. The van der Waals surface area contributed by atoms with E-state index < -0.39 is 0 Å². The molecule has 0 aliphatic rings. The third kappa shape index (κ3) is 6.16. The van der Waals surface area contributed by atoms with Crippen molar-refractivity contribution in [3.8, 4) is 0 Å². The van der Waals surface area contributed by atoms with Crippen molar-refractivity contribution in [1.29, 1.82) is 0 Å². The first-order valence-electron chi connectivity index (χ1n) is 7.03. The summed E-state index contributed by atoms with van der Waals surface area (Å²) < 4.78 is 4.40. The van der Waals surface area contributed by atoms with Crippen LogP contribution in [0.3, 0.4) is 0 Å². The van der Waals surface area contributed by atoms with Crippen LogP contribution in [0.1, 0.15) is 32.3 Å². The number of aryl methyl sites for hydroxylation is 1. The molecular weight excluding hydrogens is 290 g/mol. The van der Waals surface area contributed by atoms with Gasteiger partial charge in [0.05, 0.1) is 5.69 Å². The minimum Gasteiger partial charge on any atom is -0.297 e. The van der Waals surface area contributed by atoms with Crippen molar-refractivity contribution in [1.82, 2.24) is 8.61 Å². The third-order valence-corrected chi connectivity index (χ3v) is 3.89. The maximum atomic E-state index is 5.94. The van der Waals surface area contributed by atoms with Gasteiger partial charge in [-0.25, -0.2) is 9.30 Å². The lowest BCUT2D eigenvalue weighted by atomic mass is 10.2. The largest absolute Gasteiger partial charge is 0.297 e.